The van der Waals surface area contributed by atoms with E-state index < -0.39 is 47.5 Å². The van der Waals surface area contributed by atoms with Gasteiger partial charge in [-0.05, 0) is 50.5 Å². The summed E-state index contributed by atoms with van der Waals surface area (Å²) >= 11 is 3.58. The molecule has 0 radical (unpaired) electrons. The molecule has 8 atom stereocenters. The number of carbonyl (C=O) groups is 3. The number of carboxylic acids is 1. The normalized spacial score (nSPS) is 30.7. The summed E-state index contributed by atoms with van der Waals surface area (Å²) in [5.41, 5.74) is 0.370. The second kappa shape index (κ2) is 11.6. The zero-order valence-corrected chi connectivity index (χ0v) is 24.7. The Kier molecular flexibility index (Phi) is 8.78. The topological polar surface area (TPSA) is 111 Å². The molecule has 9 nitrogen and oxygen atoms in total. The number of amides is 2. The van der Waals surface area contributed by atoms with Gasteiger partial charge in [0, 0.05) is 35.8 Å². The number of ether oxygens (including phenoxy) is 1. The first kappa shape index (κ1) is 29.6. The van der Waals surface area contributed by atoms with E-state index in [0.717, 1.165) is 18.8 Å². The number of anilines is 2. The Balaban J connectivity index is 1.82. The van der Waals surface area contributed by atoms with Crippen molar-refractivity contribution in [1.29, 1.82) is 0 Å². The Morgan fingerprint density at radius 1 is 1.23 bits per heavy atom. The van der Waals surface area contributed by atoms with Crippen molar-refractivity contribution in [1.82, 2.24) is 4.90 Å². The maximum atomic E-state index is 14.6. The van der Waals surface area contributed by atoms with Crippen molar-refractivity contribution < 1.29 is 29.3 Å². The number of carboxylic acid groups (broad SMARTS) is 1. The van der Waals surface area contributed by atoms with Gasteiger partial charge in [-0.2, -0.15) is 0 Å². The molecule has 2 N–H and O–H groups in total. The van der Waals surface area contributed by atoms with Crippen LogP contribution in [0, 0.1) is 17.8 Å². The Bertz CT molecular complexity index is 1090. The van der Waals surface area contributed by atoms with E-state index in [1.807, 2.05) is 38.1 Å². The molecule has 3 unspecified atom stereocenters. The van der Waals surface area contributed by atoms with Crippen molar-refractivity contribution in [3.63, 3.8) is 0 Å². The van der Waals surface area contributed by atoms with Gasteiger partial charge < -0.3 is 29.6 Å². The monoisotopic (exact) mass is 605 g/mol. The highest BCUT2D eigenvalue weighted by Crippen LogP contribution is 2.60. The minimum Gasteiger partial charge on any atom is -0.481 e. The van der Waals surface area contributed by atoms with Gasteiger partial charge in [0.25, 0.3) is 5.91 Å². The lowest BCUT2D eigenvalue weighted by atomic mass is 9.70. The first-order chi connectivity index (χ1) is 18.6. The number of rotatable bonds is 12. The second-order valence-electron chi connectivity index (χ2n) is 10.8. The second-order valence-corrected chi connectivity index (χ2v) is 12.0. The lowest BCUT2D eigenvalue weighted by Gasteiger charge is -2.41. The van der Waals surface area contributed by atoms with Crippen LogP contribution in [0.3, 0.4) is 0 Å². The Labute approximate surface area is 238 Å². The van der Waals surface area contributed by atoms with Crippen LogP contribution < -0.4 is 9.80 Å². The number of carbonyl (C=O) groups excluding carboxylic acids is 2. The van der Waals surface area contributed by atoms with E-state index in [1.165, 1.54) is 4.90 Å². The predicted molar refractivity (Wildman–Crippen MR) is 153 cm³/mol. The molecular weight excluding hydrogens is 566 g/mol. The van der Waals surface area contributed by atoms with Crippen LogP contribution >= 0.6 is 15.9 Å². The van der Waals surface area contributed by atoms with Crippen LogP contribution in [0.25, 0.3) is 0 Å². The van der Waals surface area contributed by atoms with E-state index in [2.05, 4.69) is 41.3 Å². The molecule has 0 saturated carbocycles. The van der Waals surface area contributed by atoms with E-state index in [4.69, 9.17) is 4.74 Å². The van der Waals surface area contributed by atoms with Gasteiger partial charge in [0.15, 0.2) is 0 Å². The molecule has 2 amide bonds. The molecule has 4 rings (SSSR count). The van der Waals surface area contributed by atoms with Crippen molar-refractivity contribution in [2.45, 2.75) is 69.2 Å². The summed E-state index contributed by atoms with van der Waals surface area (Å²) in [5.74, 6) is -4.11. The van der Waals surface area contributed by atoms with Crippen LogP contribution in [0.2, 0.25) is 0 Å². The Morgan fingerprint density at radius 3 is 2.36 bits per heavy atom. The fourth-order valence-corrected chi connectivity index (χ4v) is 7.77. The smallest absolute Gasteiger partial charge is 0.310 e. The van der Waals surface area contributed by atoms with Crippen molar-refractivity contribution in [2.24, 2.45) is 17.8 Å². The van der Waals surface area contributed by atoms with Gasteiger partial charge in [0.1, 0.15) is 11.6 Å². The third kappa shape index (κ3) is 4.68. The summed E-state index contributed by atoms with van der Waals surface area (Å²) in [6, 6.07) is 5.95. The highest BCUT2D eigenvalue weighted by Gasteiger charge is 2.77. The van der Waals surface area contributed by atoms with Crippen LogP contribution in [0.4, 0.5) is 11.4 Å². The lowest BCUT2D eigenvalue weighted by Crippen LogP contribution is -2.60. The standard InChI is InChI=1S/C29H40BrN3O6/c1-6-14-32(19-12-10-18(11-13-19)31(8-3)9-4)27(36)25-29-15-20(30)24(39-29)22(28(37)38)23(29)26(35)33(25)21(16-34)17(5)7-2/h6,10-13,17,20-25,34H,1,7-9,14-16H2,2-5H3,(H,37,38)/t17-,20?,21-,22-,23-,24-,25?,29?/m0/s1. The number of aliphatic carboxylic acids is 1. The van der Waals surface area contributed by atoms with Crippen molar-refractivity contribution >= 4 is 45.1 Å². The fraction of sp³-hybridized carbons (Fsp3) is 0.621. The Hall–Kier alpha value is -2.43. The minimum atomic E-state index is -1.31. The van der Waals surface area contributed by atoms with Gasteiger partial charge in [-0.25, -0.2) is 0 Å². The number of aliphatic hydroxyl groups excluding tert-OH is 1. The number of hydrogen-bond acceptors (Lipinski definition) is 6. The number of benzene rings is 1. The maximum absolute atomic E-state index is 14.6. The van der Waals surface area contributed by atoms with Gasteiger partial charge >= 0.3 is 5.97 Å². The first-order valence-corrected chi connectivity index (χ1v) is 14.8. The summed E-state index contributed by atoms with van der Waals surface area (Å²) in [7, 11) is 0. The zero-order valence-electron chi connectivity index (χ0n) is 23.1. The van der Waals surface area contributed by atoms with Crippen LogP contribution in [0.1, 0.15) is 40.5 Å². The highest BCUT2D eigenvalue weighted by molar-refractivity contribution is 9.09. The molecule has 3 fully saturated rings. The van der Waals surface area contributed by atoms with E-state index in [-0.39, 0.29) is 29.8 Å². The molecule has 214 valence electrons. The molecule has 3 aliphatic rings. The molecular formula is C29H40BrN3O6. The molecule has 3 heterocycles. The number of hydrogen-bond donors (Lipinski definition) is 2. The summed E-state index contributed by atoms with van der Waals surface area (Å²) < 4.78 is 6.40. The summed E-state index contributed by atoms with van der Waals surface area (Å²) in [5, 5.41) is 20.6. The number of fused-ring (bicyclic) bond motifs is 1. The molecule has 2 bridgehead atoms. The molecule has 1 spiro atoms. The van der Waals surface area contributed by atoms with Gasteiger partial charge in [-0.1, -0.05) is 42.3 Å². The molecule has 0 aliphatic carbocycles. The summed E-state index contributed by atoms with van der Waals surface area (Å²) in [4.78, 5) is 46.0. The van der Waals surface area contributed by atoms with Gasteiger partial charge in [0.2, 0.25) is 5.91 Å². The molecule has 3 saturated heterocycles. The zero-order chi connectivity index (χ0) is 28.6. The predicted octanol–water partition coefficient (Wildman–Crippen LogP) is 3.29. The third-order valence-electron chi connectivity index (χ3n) is 8.96. The van der Waals surface area contributed by atoms with E-state index >= 15 is 0 Å². The van der Waals surface area contributed by atoms with Crippen molar-refractivity contribution in [3.8, 4) is 0 Å². The van der Waals surface area contributed by atoms with Crippen LogP contribution in [-0.2, 0) is 19.1 Å². The molecule has 3 aliphatic heterocycles. The quantitative estimate of drug-likeness (QED) is 0.278. The van der Waals surface area contributed by atoms with E-state index in [1.54, 1.807) is 11.0 Å². The number of likely N-dealkylation sites (tertiary alicyclic amines) is 1. The van der Waals surface area contributed by atoms with Crippen LogP contribution in [0.5, 0.6) is 0 Å². The van der Waals surface area contributed by atoms with Gasteiger partial charge in [0.05, 0.1) is 30.6 Å². The summed E-state index contributed by atoms with van der Waals surface area (Å²) in [6.07, 6.45) is 1.91. The van der Waals surface area contributed by atoms with Crippen LogP contribution in [-0.4, -0.2) is 87.8 Å². The van der Waals surface area contributed by atoms with Crippen molar-refractivity contribution in [3.05, 3.63) is 36.9 Å². The number of aliphatic hydroxyl groups is 1. The lowest BCUT2D eigenvalue weighted by molar-refractivity contribution is -0.151. The minimum absolute atomic E-state index is 0.120. The van der Waals surface area contributed by atoms with E-state index in [0.29, 0.717) is 18.5 Å². The molecule has 10 heteroatoms. The third-order valence-corrected chi connectivity index (χ3v) is 9.80. The number of halogens is 1. The molecule has 1 aromatic carbocycles. The molecule has 39 heavy (non-hydrogen) atoms. The highest BCUT2D eigenvalue weighted by atomic mass is 79.9. The molecule has 1 aromatic rings. The SMILES string of the molecule is C=CCN(C(=O)C1N([C@@H](CO)[C@@H](C)CC)C(=O)[C@@H]2[C@H](C(=O)O)[C@H]3OC12CC3Br)c1ccc(N(CC)CC)cc1. The van der Waals surface area contributed by atoms with Gasteiger partial charge in [-0.15, -0.1) is 6.58 Å². The average Bonchev–Trinajstić information content (AvgIpc) is 3.52. The van der Waals surface area contributed by atoms with Crippen molar-refractivity contribution in [2.75, 3.05) is 36.0 Å². The maximum Gasteiger partial charge on any atom is 0.310 e. The number of nitrogens with zero attached hydrogens (tertiary/aromatic N) is 3. The van der Waals surface area contributed by atoms with Gasteiger partial charge in [-0.3, -0.25) is 14.4 Å². The first-order valence-electron chi connectivity index (χ1n) is 13.9. The number of alkyl halides is 1. The Morgan fingerprint density at radius 2 is 1.85 bits per heavy atom. The molecule has 0 aromatic heterocycles. The average molecular weight is 607 g/mol. The van der Waals surface area contributed by atoms with E-state index in [9.17, 15) is 24.6 Å². The largest absolute Gasteiger partial charge is 0.481 e. The summed E-state index contributed by atoms with van der Waals surface area (Å²) in [6.45, 7) is 13.5. The fourth-order valence-electron chi connectivity index (χ4n) is 6.83. The van der Waals surface area contributed by atoms with Crippen LogP contribution in [0.15, 0.2) is 36.9 Å².